The highest BCUT2D eigenvalue weighted by atomic mass is 16.2. The average molecular weight is 238 g/mol. The highest BCUT2D eigenvalue weighted by Gasteiger charge is 2.35. The summed E-state index contributed by atoms with van der Waals surface area (Å²) in [7, 11) is 1.98. The number of amides is 1. The van der Waals surface area contributed by atoms with Crippen molar-refractivity contribution >= 4 is 5.91 Å². The molecule has 3 heteroatoms. The summed E-state index contributed by atoms with van der Waals surface area (Å²) in [6, 6.07) is 0.568. The van der Waals surface area contributed by atoms with Crippen LogP contribution in [0.2, 0.25) is 0 Å². The van der Waals surface area contributed by atoms with Crippen LogP contribution in [0.15, 0.2) is 0 Å². The predicted molar refractivity (Wildman–Crippen MR) is 69.5 cm³/mol. The fourth-order valence-corrected chi connectivity index (χ4v) is 3.37. The van der Waals surface area contributed by atoms with Gasteiger partial charge in [-0.25, -0.2) is 0 Å². The van der Waals surface area contributed by atoms with Gasteiger partial charge in [-0.2, -0.15) is 0 Å². The van der Waals surface area contributed by atoms with E-state index in [0.29, 0.717) is 11.9 Å². The quantitative estimate of drug-likeness (QED) is 0.801. The number of rotatable bonds is 2. The SMILES string of the molecule is CC1CCC(N(C)C(=O)C2CCCC2N)CC1. The Labute approximate surface area is 105 Å². The molecule has 0 saturated heterocycles. The molecule has 2 atom stereocenters. The Morgan fingerprint density at radius 3 is 2.29 bits per heavy atom. The van der Waals surface area contributed by atoms with E-state index in [-0.39, 0.29) is 12.0 Å². The van der Waals surface area contributed by atoms with Gasteiger partial charge in [-0.15, -0.1) is 0 Å². The number of hydrogen-bond donors (Lipinski definition) is 1. The minimum Gasteiger partial charge on any atom is -0.342 e. The van der Waals surface area contributed by atoms with E-state index in [1.807, 2.05) is 11.9 Å². The third-order valence-electron chi connectivity index (χ3n) is 4.77. The van der Waals surface area contributed by atoms with Crippen molar-refractivity contribution in [2.75, 3.05) is 7.05 Å². The lowest BCUT2D eigenvalue weighted by Crippen LogP contribution is -2.45. The van der Waals surface area contributed by atoms with E-state index < -0.39 is 0 Å². The minimum atomic E-state index is 0.0966. The first kappa shape index (κ1) is 12.9. The van der Waals surface area contributed by atoms with E-state index in [0.717, 1.165) is 25.2 Å². The molecule has 2 fully saturated rings. The highest BCUT2D eigenvalue weighted by Crippen LogP contribution is 2.30. The van der Waals surface area contributed by atoms with Gasteiger partial charge in [0.1, 0.15) is 0 Å². The molecule has 2 saturated carbocycles. The van der Waals surface area contributed by atoms with Gasteiger partial charge in [-0.3, -0.25) is 4.79 Å². The van der Waals surface area contributed by atoms with Crippen molar-refractivity contribution in [3.05, 3.63) is 0 Å². The molecule has 0 aromatic rings. The molecule has 0 radical (unpaired) electrons. The summed E-state index contributed by atoms with van der Waals surface area (Å²) in [5.41, 5.74) is 6.02. The zero-order valence-electron chi connectivity index (χ0n) is 11.2. The first-order valence-electron chi connectivity index (χ1n) is 7.12. The van der Waals surface area contributed by atoms with Gasteiger partial charge in [0, 0.05) is 19.1 Å². The van der Waals surface area contributed by atoms with E-state index in [4.69, 9.17) is 5.73 Å². The number of nitrogens with zero attached hydrogens (tertiary/aromatic N) is 1. The van der Waals surface area contributed by atoms with E-state index in [2.05, 4.69) is 6.92 Å². The Morgan fingerprint density at radius 2 is 1.76 bits per heavy atom. The van der Waals surface area contributed by atoms with E-state index in [9.17, 15) is 4.79 Å². The van der Waals surface area contributed by atoms with Crippen LogP contribution in [-0.4, -0.2) is 29.9 Å². The Hall–Kier alpha value is -0.570. The fourth-order valence-electron chi connectivity index (χ4n) is 3.37. The monoisotopic (exact) mass is 238 g/mol. The zero-order chi connectivity index (χ0) is 12.4. The van der Waals surface area contributed by atoms with Crippen molar-refractivity contribution in [2.45, 2.75) is 64.0 Å². The summed E-state index contributed by atoms with van der Waals surface area (Å²) in [5.74, 6) is 1.23. The lowest BCUT2D eigenvalue weighted by atomic mass is 9.86. The summed E-state index contributed by atoms with van der Waals surface area (Å²) >= 11 is 0. The van der Waals surface area contributed by atoms with E-state index >= 15 is 0 Å². The van der Waals surface area contributed by atoms with Crippen LogP contribution in [0.3, 0.4) is 0 Å². The van der Waals surface area contributed by atoms with Crippen LogP contribution in [0.4, 0.5) is 0 Å². The number of carbonyl (C=O) groups excluding carboxylic acids is 1. The van der Waals surface area contributed by atoms with Crippen LogP contribution in [0, 0.1) is 11.8 Å². The van der Waals surface area contributed by atoms with E-state index in [1.54, 1.807) is 0 Å². The van der Waals surface area contributed by atoms with Gasteiger partial charge in [0.25, 0.3) is 0 Å². The fraction of sp³-hybridized carbons (Fsp3) is 0.929. The second-order valence-corrected chi connectivity index (χ2v) is 6.06. The molecule has 3 nitrogen and oxygen atoms in total. The van der Waals surface area contributed by atoms with Gasteiger partial charge in [0.2, 0.25) is 5.91 Å². The van der Waals surface area contributed by atoms with Crippen LogP contribution in [0.5, 0.6) is 0 Å². The molecular formula is C14H26N2O. The first-order valence-corrected chi connectivity index (χ1v) is 7.12. The molecule has 2 rings (SSSR count). The van der Waals surface area contributed by atoms with Gasteiger partial charge in [-0.05, 0) is 44.4 Å². The molecule has 0 aromatic heterocycles. The summed E-state index contributed by atoms with van der Waals surface area (Å²) in [5, 5.41) is 0. The van der Waals surface area contributed by atoms with Crippen molar-refractivity contribution in [3.8, 4) is 0 Å². The van der Waals surface area contributed by atoms with Crippen molar-refractivity contribution in [3.63, 3.8) is 0 Å². The molecular weight excluding hydrogens is 212 g/mol. The molecule has 0 spiro atoms. The lowest BCUT2D eigenvalue weighted by molar-refractivity contribution is -0.137. The van der Waals surface area contributed by atoms with Gasteiger partial charge < -0.3 is 10.6 Å². The molecule has 0 bridgehead atoms. The molecule has 2 unspecified atom stereocenters. The van der Waals surface area contributed by atoms with Crippen LogP contribution in [0.1, 0.15) is 51.9 Å². The zero-order valence-corrected chi connectivity index (χ0v) is 11.2. The molecule has 2 aliphatic carbocycles. The third kappa shape index (κ3) is 2.82. The number of hydrogen-bond acceptors (Lipinski definition) is 2. The largest absolute Gasteiger partial charge is 0.342 e. The van der Waals surface area contributed by atoms with E-state index in [1.165, 1.54) is 25.7 Å². The van der Waals surface area contributed by atoms with Crippen LogP contribution in [-0.2, 0) is 4.79 Å². The Balaban J connectivity index is 1.90. The van der Waals surface area contributed by atoms with Gasteiger partial charge in [-0.1, -0.05) is 13.3 Å². The summed E-state index contributed by atoms with van der Waals surface area (Å²) < 4.78 is 0. The van der Waals surface area contributed by atoms with Crippen LogP contribution >= 0.6 is 0 Å². The molecule has 2 N–H and O–H groups in total. The summed E-state index contributed by atoms with van der Waals surface area (Å²) in [6.07, 6.45) is 8.00. The maximum atomic E-state index is 12.4. The van der Waals surface area contributed by atoms with Gasteiger partial charge >= 0.3 is 0 Å². The molecule has 1 amide bonds. The number of nitrogens with two attached hydrogens (primary N) is 1. The maximum Gasteiger partial charge on any atom is 0.227 e. The smallest absolute Gasteiger partial charge is 0.227 e. The molecule has 17 heavy (non-hydrogen) atoms. The Kier molecular flexibility index (Phi) is 4.08. The molecule has 2 aliphatic rings. The Bertz CT molecular complexity index is 271. The van der Waals surface area contributed by atoms with Crippen molar-refractivity contribution in [1.82, 2.24) is 4.90 Å². The van der Waals surface area contributed by atoms with Gasteiger partial charge in [0.05, 0.1) is 5.92 Å². The standard InChI is InChI=1S/C14H26N2O/c1-10-6-8-11(9-7-10)16(2)14(17)12-4-3-5-13(12)15/h10-13H,3-9,15H2,1-2H3. The highest BCUT2D eigenvalue weighted by molar-refractivity contribution is 5.80. The summed E-state index contributed by atoms with van der Waals surface area (Å²) in [4.78, 5) is 14.4. The molecule has 0 heterocycles. The second kappa shape index (κ2) is 5.38. The average Bonchev–Trinajstić information content (AvgIpc) is 2.74. The minimum absolute atomic E-state index is 0.0966. The topological polar surface area (TPSA) is 46.3 Å². The first-order chi connectivity index (χ1) is 8.09. The summed E-state index contributed by atoms with van der Waals surface area (Å²) in [6.45, 7) is 2.31. The number of carbonyl (C=O) groups is 1. The maximum absolute atomic E-state index is 12.4. The van der Waals surface area contributed by atoms with Gasteiger partial charge in [0.15, 0.2) is 0 Å². The second-order valence-electron chi connectivity index (χ2n) is 6.06. The van der Waals surface area contributed by atoms with Crippen LogP contribution < -0.4 is 5.73 Å². The van der Waals surface area contributed by atoms with Crippen molar-refractivity contribution in [2.24, 2.45) is 17.6 Å². The van der Waals surface area contributed by atoms with Crippen LogP contribution in [0.25, 0.3) is 0 Å². The van der Waals surface area contributed by atoms with Crippen molar-refractivity contribution < 1.29 is 4.79 Å². The normalized spacial score (nSPS) is 38.1. The molecule has 0 aromatic carbocycles. The molecule has 0 aliphatic heterocycles. The molecule has 98 valence electrons. The predicted octanol–water partition coefficient (Wildman–Crippen LogP) is 2.15. The lowest BCUT2D eigenvalue weighted by Gasteiger charge is -2.35. The Morgan fingerprint density at radius 1 is 1.12 bits per heavy atom. The third-order valence-corrected chi connectivity index (χ3v) is 4.77. The van der Waals surface area contributed by atoms with Crippen molar-refractivity contribution in [1.29, 1.82) is 0 Å².